The van der Waals surface area contributed by atoms with Gasteiger partial charge in [0.25, 0.3) is 5.91 Å². The van der Waals surface area contributed by atoms with Gasteiger partial charge in [-0.15, -0.1) is 0 Å². The van der Waals surface area contributed by atoms with E-state index in [9.17, 15) is 9.18 Å². The van der Waals surface area contributed by atoms with Gasteiger partial charge in [-0.05, 0) is 54.6 Å². The van der Waals surface area contributed by atoms with E-state index in [1.807, 2.05) is 17.1 Å². The lowest BCUT2D eigenvalue weighted by atomic mass is 10.1. The van der Waals surface area contributed by atoms with Gasteiger partial charge >= 0.3 is 0 Å². The summed E-state index contributed by atoms with van der Waals surface area (Å²) in [5.41, 5.74) is 3.33. The molecule has 0 bridgehead atoms. The predicted octanol–water partition coefficient (Wildman–Crippen LogP) is 5.09. The number of H-pyrrole nitrogens is 1. The van der Waals surface area contributed by atoms with Crippen LogP contribution in [0.2, 0.25) is 0 Å². The SMILES string of the molecule is C=C1C=Cc2cc(C(=O)Nc3cccc(OC)c3)[nH]c2N1c1ccc(F)cc1. The van der Waals surface area contributed by atoms with Crippen molar-refractivity contribution in [3.8, 4) is 5.75 Å². The lowest BCUT2D eigenvalue weighted by Gasteiger charge is -2.27. The van der Waals surface area contributed by atoms with Gasteiger partial charge in [-0.2, -0.15) is 0 Å². The molecule has 0 saturated heterocycles. The van der Waals surface area contributed by atoms with E-state index in [4.69, 9.17) is 4.74 Å². The molecule has 140 valence electrons. The van der Waals surface area contributed by atoms with Crippen LogP contribution in [0.25, 0.3) is 6.08 Å². The van der Waals surface area contributed by atoms with Crippen LogP contribution < -0.4 is 15.0 Å². The molecule has 4 rings (SSSR count). The fourth-order valence-corrected chi connectivity index (χ4v) is 3.08. The van der Waals surface area contributed by atoms with Crippen molar-refractivity contribution in [2.24, 2.45) is 0 Å². The maximum atomic E-state index is 13.3. The number of methoxy groups -OCH3 is 1. The number of aromatic nitrogens is 1. The van der Waals surface area contributed by atoms with Crippen molar-refractivity contribution >= 4 is 29.2 Å². The second-order valence-electron chi connectivity index (χ2n) is 6.31. The van der Waals surface area contributed by atoms with Crippen LogP contribution in [0.15, 0.2) is 72.9 Å². The molecule has 1 aliphatic heterocycles. The van der Waals surface area contributed by atoms with Crippen LogP contribution in [0.3, 0.4) is 0 Å². The number of carbonyl (C=O) groups is 1. The van der Waals surface area contributed by atoms with Gasteiger partial charge < -0.3 is 15.0 Å². The highest BCUT2D eigenvalue weighted by Gasteiger charge is 2.23. The summed E-state index contributed by atoms with van der Waals surface area (Å²) in [5.74, 6) is 0.771. The summed E-state index contributed by atoms with van der Waals surface area (Å²) in [6.45, 7) is 4.05. The van der Waals surface area contributed by atoms with E-state index in [2.05, 4.69) is 16.9 Å². The lowest BCUT2D eigenvalue weighted by Crippen LogP contribution is -2.18. The summed E-state index contributed by atoms with van der Waals surface area (Å²) in [7, 11) is 1.57. The van der Waals surface area contributed by atoms with E-state index < -0.39 is 0 Å². The van der Waals surface area contributed by atoms with Gasteiger partial charge in [0, 0.05) is 28.7 Å². The highest BCUT2D eigenvalue weighted by molar-refractivity contribution is 6.04. The molecule has 1 aliphatic rings. The fourth-order valence-electron chi connectivity index (χ4n) is 3.08. The first-order chi connectivity index (χ1) is 13.5. The average Bonchev–Trinajstić information content (AvgIpc) is 3.13. The van der Waals surface area contributed by atoms with Crippen LogP contribution in [-0.4, -0.2) is 18.0 Å². The van der Waals surface area contributed by atoms with E-state index in [0.717, 1.165) is 11.3 Å². The normalized spacial score (nSPS) is 12.6. The van der Waals surface area contributed by atoms with Gasteiger partial charge in [0.05, 0.1) is 7.11 Å². The van der Waals surface area contributed by atoms with Crippen LogP contribution in [0, 0.1) is 5.82 Å². The van der Waals surface area contributed by atoms with Crippen LogP contribution in [0.5, 0.6) is 5.75 Å². The first-order valence-corrected chi connectivity index (χ1v) is 8.66. The molecule has 2 N–H and O–H groups in total. The summed E-state index contributed by atoms with van der Waals surface area (Å²) >= 11 is 0. The summed E-state index contributed by atoms with van der Waals surface area (Å²) in [6.07, 6.45) is 3.74. The zero-order chi connectivity index (χ0) is 19.7. The van der Waals surface area contributed by atoms with Crippen molar-refractivity contribution < 1.29 is 13.9 Å². The van der Waals surface area contributed by atoms with Crippen molar-refractivity contribution in [3.05, 3.63) is 90.0 Å². The summed E-state index contributed by atoms with van der Waals surface area (Å²) in [6, 6.07) is 15.0. The van der Waals surface area contributed by atoms with Gasteiger partial charge in [-0.3, -0.25) is 9.69 Å². The standard InChI is InChI=1S/C22H18FN3O2/c1-14-6-7-15-12-20(22(27)24-17-4-3-5-19(13-17)28-2)25-21(15)26(14)18-10-8-16(23)9-11-18/h3-13,25H,1H2,2H3,(H,24,27). The zero-order valence-electron chi connectivity index (χ0n) is 15.2. The number of hydrogen-bond donors (Lipinski definition) is 2. The number of nitrogens with one attached hydrogen (secondary N) is 2. The molecule has 2 heterocycles. The number of nitrogens with zero attached hydrogens (tertiary/aromatic N) is 1. The Kier molecular flexibility index (Phi) is 4.45. The lowest BCUT2D eigenvalue weighted by molar-refractivity contribution is 0.102. The first kappa shape index (κ1) is 17.6. The van der Waals surface area contributed by atoms with Crippen LogP contribution >= 0.6 is 0 Å². The number of fused-ring (bicyclic) bond motifs is 1. The third-order valence-corrected chi connectivity index (χ3v) is 4.45. The number of anilines is 3. The Bertz CT molecular complexity index is 1080. The molecule has 1 amide bonds. The number of amides is 1. The largest absolute Gasteiger partial charge is 0.497 e. The van der Waals surface area contributed by atoms with Crippen molar-refractivity contribution in [2.75, 3.05) is 17.3 Å². The number of halogens is 1. The molecule has 5 nitrogen and oxygen atoms in total. The molecule has 0 fully saturated rings. The second-order valence-corrected chi connectivity index (χ2v) is 6.31. The number of allylic oxidation sites excluding steroid dienone is 1. The van der Waals surface area contributed by atoms with E-state index in [1.54, 1.807) is 49.6 Å². The molecule has 2 aromatic carbocycles. The van der Waals surface area contributed by atoms with Gasteiger partial charge in [-0.1, -0.05) is 12.6 Å². The molecule has 0 unspecified atom stereocenters. The quantitative estimate of drug-likeness (QED) is 0.668. The number of rotatable bonds is 4. The Hall–Kier alpha value is -3.80. The minimum absolute atomic E-state index is 0.277. The molecule has 0 saturated carbocycles. The number of aromatic amines is 1. The van der Waals surface area contributed by atoms with Crippen molar-refractivity contribution in [1.82, 2.24) is 4.98 Å². The van der Waals surface area contributed by atoms with Gasteiger partial charge in [0.15, 0.2) is 0 Å². The molecule has 3 aromatic rings. The minimum Gasteiger partial charge on any atom is -0.497 e. The smallest absolute Gasteiger partial charge is 0.272 e. The van der Waals surface area contributed by atoms with Gasteiger partial charge in [0.1, 0.15) is 23.1 Å². The molecule has 1 aromatic heterocycles. The Morgan fingerprint density at radius 3 is 2.68 bits per heavy atom. The maximum Gasteiger partial charge on any atom is 0.272 e. The van der Waals surface area contributed by atoms with E-state index >= 15 is 0 Å². The molecule has 6 heteroatoms. The van der Waals surface area contributed by atoms with Crippen LogP contribution in [0.4, 0.5) is 21.6 Å². The fraction of sp³-hybridized carbons (Fsp3) is 0.0455. The number of carbonyl (C=O) groups excluding carboxylic acids is 1. The first-order valence-electron chi connectivity index (χ1n) is 8.66. The molecule has 0 aliphatic carbocycles. The zero-order valence-corrected chi connectivity index (χ0v) is 15.2. The maximum absolute atomic E-state index is 13.3. The van der Waals surface area contributed by atoms with Gasteiger partial charge in [0.2, 0.25) is 0 Å². The molecular weight excluding hydrogens is 357 g/mol. The van der Waals surface area contributed by atoms with Crippen LogP contribution in [0.1, 0.15) is 16.1 Å². The van der Waals surface area contributed by atoms with Crippen molar-refractivity contribution in [3.63, 3.8) is 0 Å². The average molecular weight is 375 g/mol. The third kappa shape index (κ3) is 3.27. The van der Waals surface area contributed by atoms with E-state index in [1.165, 1.54) is 12.1 Å². The highest BCUT2D eigenvalue weighted by Crippen LogP contribution is 2.36. The molecule has 0 radical (unpaired) electrons. The van der Waals surface area contributed by atoms with Gasteiger partial charge in [-0.25, -0.2) is 4.39 Å². The van der Waals surface area contributed by atoms with E-state index in [0.29, 0.717) is 28.6 Å². The highest BCUT2D eigenvalue weighted by atomic mass is 19.1. The summed E-state index contributed by atoms with van der Waals surface area (Å²) in [4.78, 5) is 17.7. The number of benzene rings is 2. The van der Waals surface area contributed by atoms with E-state index in [-0.39, 0.29) is 11.7 Å². The Balaban J connectivity index is 1.64. The monoisotopic (exact) mass is 375 g/mol. The Labute approximate surface area is 161 Å². The predicted molar refractivity (Wildman–Crippen MR) is 108 cm³/mol. The second kappa shape index (κ2) is 7.08. The number of hydrogen-bond acceptors (Lipinski definition) is 3. The summed E-state index contributed by atoms with van der Waals surface area (Å²) in [5, 5.41) is 2.85. The van der Waals surface area contributed by atoms with Crippen LogP contribution in [-0.2, 0) is 0 Å². The number of ether oxygens (including phenoxy) is 1. The Morgan fingerprint density at radius 2 is 1.93 bits per heavy atom. The topological polar surface area (TPSA) is 57.4 Å². The molecular formula is C22H18FN3O2. The Morgan fingerprint density at radius 1 is 1.14 bits per heavy atom. The summed E-state index contributed by atoms with van der Waals surface area (Å²) < 4.78 is 18.5. The third-order valence-electron chi connectivity index (χ3n) is 4.45. The molecule has 0 spiro atoms. The molecule has 28 heavy (non-hydrogen) atoms. The minimum atomic E-state index is -0.313. The van der Waals surface area contributed by atoms with Crippen molar-refractivity contribution in [1.29, 1.82) is 0 Å². The van der Waals surface area contributed by atoms with Crippen molar-refractivity contribution in [2.45, 2.75) is 0 Å². The molecule has 0 atom stereocenters.